The molecule has 5 nitrogen and oxygen atoms in total. The van der Waals surface area contributed by atoms with Gasteiger partial charge in [-0.25, -0.2) is 4.79 Å². The summed E-state index contributed by atoms with van der Waals surface area (Å²) in [7, 11) is 1.03. The molecular formula is C22H31BO5. The lowest BCUT2D eigenvalue weighted by Gasteiger charge is -2.64. The fourth-order valence-electron chi connectivity index (χ4n) is 5.46. The Bertz CT molecular complexity index is 799. The molecule has 1 aromatic carbocycles. The van der Waals surface area contributed by atoms with Crippen LogP contribution in [0.15, 0.2) is 18.2 Å². The standard InChI is InChI=1S/C22H31BO5/c1-20(2,3)26-19(24)14-9-8-10-15(18(14)25-7)23-27-17-12-13-11-16(21(13,4)5)22(17,6)28-23/h8-10,13,16-17H,11-12H2,1-7H3/t13-,16-,17-,22+/m0/s1. The van der Waals surface area contributed by atoms with Crippen LogP contribution in [0.2, 0.25) is 0 Å². The largest absolute Gasteiger partial charge is 0.498 e. The summed E-state index contributed by atoms with van der Waals surface area (Å²) in [5.74, 6) is 1.23. The topological polar surface area (TPSA) is 54.0 Å². The highest BCUT2D eigenvalue weighted by Gasteiger charge is 2.68. The Labute approximate surface area is 168 Å². The number of carbonyl (C=O) groups excluding carboxylic acids is 1. The van der Waals surface area contributed by atoms with E-state index in [0.29, 0.717) is 23.1 Å². The van der Waals surface area contributed by atoms with Crippen LogP contribution in [-0.2, 0) is 14.0 Å². The van der Waals surface area contributed by atoms with Gasteiger partial charge in [-0.2, -0.15) is 0 Å². The van der Waals surface area contributed by atoms with E-state index >= 15 is 0 Å². The van der Waals surface area contributed by atoms with E-state index in [-0.39, 0.29) is 17.1 Å². The molecule has 1 heterocycles. The van der Waals surface area contributed by atoms with E-state index in [0.717, 1.165) is 11.9 Å². The van der Waals surface area contributed by atoms with Gasteiger partial charge in [-0.1, -0.05) is 26.0 Å². The smallest absolute Gasteiger partial charge is 0.496 e. The summed E-state index contributed by atoms with van der Waals surface area (Å²) < 4.78 is 24.1. The minimum atomic E-state index is -0.576. The van der Waals surface area contributed by atoms with Crippen LogP contribution in [-0.4, -0.2) is 37.5 Å². The molecule has 4 aliphatic rings. The van der Waals surface area contributed by atoms with Gasteiger partial charge in [0.1, 0.15) is 16.9 Å². The third-order valence-corrected chi connectivity index (χ3v) is 7.07. The summed E-state index contributed by atoms with van der Waals surface area (Å²) in [6.45, 7) is 12.4. The number of ether oxygens (including phenoxy) is 2. The van der Waals surface area contributed by atoms with Crippen molar-refractivity contribution in [1.29, 1.82) is 0 Å². The molecule has 2 bridgehead atoms. The van der Waals surface area contributed by atoms with Gasteiger partial charge >= 0.3 is 13.1 Å². The number of hydrogen-bond donors (Lipinski definition) is 0. The van der Waals surface area contributed by atoms with Gasteiger partial charge in [-0.3, -0.25) is 0 Å². The molecule has 0 N–H and O–H groups in total. The Hall–Kier alpha value is -1.53. The molecule has 4 atom stereocenters. The van der Waals surface area contributed by atoms with Crippen molar-refractivity contribution in [3.63, 3.8) is 0 Å². The zero-order valence-corrected chi connectivity index (χ0v) is 18.0. The van der Waals surface area contributed by atoms with Gasteiger partial charge < -0.3 is 18.8 Å². The molecule has 1 saturated heterocycles. The van der Waals surface area contributed by atoms with Crippen molar-refractivity contribution >= 4 is 18.6 Å². The first-order valence-electron chi connectivity index (χ1n) is 10.2. The summed E-state index contributed by atoms with van der Waals surface area (Å²) >= 11 is 0. The maximum absolute atomic E-state index is 12.7. The predicted octanol–water partition coefficient (Wildman–Crippen LogP) is 3.59. The Morgan fingerprint density at radius 1 is 1.21 bits per heavy atom. The van der Waals surface area contributed by atoms with Crippen LogP contribution in [0.1, 0.15) is 64.7 Å². The van der Waals surface area contributed by atoms with E-state index in [9.17, 15) is 4.79 Å². The van der Waals surface area contributed by atoms with Crippen LogP contribution in [0.4, 0.5) is 0 Å². The van der Waals surface area contributed by atoms with Gasteiger partial charge in [0.15, 0.2) is 0 Å². The summed E-state index contributed by atoms with van der Waals surface area (Å²) in [5.41, 5.74) is 0.540. The lowest BCUT2D eigenvalue weighted by Crippen LogP contribution is -2.65. The van der Waals surface area contributed by atoms with Crippen LogP contribution in [0.5, 0.6) is 5.75 Å². The van der Waals surface area contributed by atoms with Crippen LogP contribution in [0, 0.1) is 17.3 Å². The molecule has 3 aliphatic carbocycles. The SMILES string of the molecule is COc1c(B2O[C@H]3C[C@@H]4C[C@@H](C4(C)C)[C@@]3(C)O2)cccc1C(=O)OC(C)(C)C. The van der Waals surface area contributed by atoms with Crippen molar-refractivity contribution in [3.8, 4) is 5.75 Å². The lowest BCUT2D eigenvalue weighted by atomic mass is 9.43. The van der Waals surface area contributed by atoms with Crippen LogP contribution >= 0.6 is 0 Å². The molecule has 4 fully saturated rings. The maximum Gasteiger partial charge on any atom is 0.498 e. The summed E-state index contributed by atoms with van der Waals surface area (Å²) in [5, 5.41) is 0. The molecule has 28 heavy (non-hydrogen) atoms. The molecule has 152 valence electrons. The molecule has 0 spiro atoms. The van der Waals surface area contributed by atoms with E-state index in [1.165, 1.54) is 6.42 Å². The van der Waals surface area contributed by atoms with E-state index in [2.05, 4.69) is 20.8 Å². The van der Waals surface area contributed by atoms with Crippen molar-refractivity contribution in [2.24, 2.45) is 17.3 Å². The number of carbonyl (C=O) groups is 1. The highest BCUT2D eigenvalue weighted by Crippen LogP contribution is 2.65. The third kappa shape index (κ3) is 2.88. The zero-order chi connectivity index (χ0) is 20.5. The van der Waals surface area contributed by atoms with E-state index in [1.807, 2.05) is 32.9 Å². The number of methoxy groups -OCH3 is 1. The van der Waals surface area contributed by atoms with Crippen molar-refractivity contribution < 1.29 is 23.6 Å². The van der Waals surface area contributed by atoms with E-state index in [4.69, 9.17) is 18.8 Å². The van der Waals surface area contributed by atoms with Gasteiger partial charge in [-0.15, -0.1) is 0 Å². The minimum absolute atomic E-state index is 0.0733. The van der Waals surface area contributed by atoms with E-state index in [1.54, 1.807) is 13.2 Å². The Morgan fingerprint density at radius 2 is 1.93 bits per heavy atom. The molecule has 0 aromatic heterocycles. The van der Waals surface area contributed by atoms with Gasteiger partial charge in [-0.05, 0) is 63.9 Å². The van der Waals surface area contributed by atoms with Gasteiger partial charge in [0, 0.05) is 5.46 Å². The van der Waals surface area contributed by atoms with Gasteiger partial charge in [0.25, 0.3) is 0 Å². The fourth-order valence-corrected chi connectivity index (χ4v) is 5.46. The molecule has 5 rings (SSSR count). The average molecular weight is 386 g/mol. The monoisotopic (exact) mass is 386 g/mol. The first kappa shape index (κ1) is 19.8. The first-order chi connectivity index (χ1) is 13.0. The molecule has 0 radical (unpaired) electrons. The molecule has 1 aromatic rings. The summed E-state index contributed by atoms with van der Waals surface area (Å²) in [6.07, 6.45) is 2.29. The number of esters is 1. The number of para-hydroxylation sites is 1. The second kappa shape index (κ2) is 6.23. The summed E-state index contributed by atoms with van der Waals surface area (Å²) in [4.78, 5) is 12.7. The molecule has 0 unspecified atom stereocenters. The van der Waals surface area contributed by atoms with Gasteiger partial charge in [0.05, 0.1) is 18.8 Å². The summed E-state index contributed by atoms with van der Waals surface area (Å²) in [6, 6.07) is 5.46. The van der Waals surface area contributed by atoms with E-state index < -0.39 is 18.7 Å². The van der Waals surface area contributed by atoms with Crippen molar-refractivity contribution in [1.82, 2.24) is 0 Å². The Morgan fingerprint density at radius 3 is 2.54 bits per heavy atom. The van der Waals surface area contributed by atoms with Crippen LogP contribution in [0.25, 0.3) is 0 Å². The second-order valence-corrected chi connectivity index (χ2v) is 10.2. The Balaban J connectivity index is 1.64. The van der Waals surface area contributed by atoms with Crippen molar-refractivity contribution in [2.75, 3.05) is 7.11 Å². The number of benzene rings is 1. The number of rotatable bonds is 3. The predicted molar refractivity (Wildman–Crippen MR) is 108 cm³/mol. The molecule has 0 amide bonds. The Kier molecular flexibility index (Phi) is 4.40. The van der Waals surface area contributed by atoms with Crippen LogP contribution in [0.3, 0.4) is 0 Å². The van der Waals surface area contributed by atoms with Crippen molar-refractivity contribution in [3.05, 3.63) is 23.8 Å². The minimum Gasteiger partial charge on any atom is -0.496 e. The zero-order valence-electron chi connectivity index (χ0n) is 18.0. The van der Waals surface area contributed by atoms with Crippen molar-refractivity contribution in [2.45, 2.75) is 71.7 Å². The maximum atomic E-state index is 12.7. The molecular weight excluding hydrogens is 355 g/mol. The average Bonchev–Trinajstić information content (AvgIpc) is 2.96. The normalized spacial score (nSPS) is 33.1. The lowest BCUT2D eigenvalue weighted by molar-refractivity contribution is -0.199. The number of hydrogen-bond acceptors (Lipinski definition) is 5. The first-order valence-corrected chi connectivity index (χ1v) is 10.2. The van der Waals surface area contributed by atoms with Gasteiger partial charge in [0.2, 0.25) is 0 Å². The van der Waals surface area contributed by atoms with Crippen LogP contribution < -0.4 is 10.2 Å². The highest BCUT2D eigenvalue weighted by atomic mass is 16.7. The highest BCUT2D eigenvalue weighted by molar-refractivity contribution is 6.63. The molecule has 6 heteroatoms. The quantitative estimate of drug-likeness (QED) is 0.587. The molecule has 1 aliphatic heterocycles. The molecule has 3 saturated carbocycles. The third-order valence-electron chi connectivity index (χ3n) is 7.07. The fraction of sp³-hybridized carbons (Fsp3) is 0.682. The second-order valence-electron chi connectivity index (χ2n) is 10.2.